The van der Waals surface area contributed by atoms with Gasteiger partial charge in [-0.05, 0) is 38.8 Å². The number of aryl methyl sites for hydroxylation is 2. The highest BCUT2D eigenvalue weighted by Gasteiger charge is 2.15. The van der Waals surface area contributed by atoms with Crippen LogP contribution >= 0.6 is 0 Å². The molecule has 3 heteroatoms. The summed E-state index contributed by atoms with van der Waals surface area (Å²) in [6, 6.07) is 5.73. The molecule has 3 nitrogen and oxygen atoms in total. The molecule has 1 aromatic carbocycles. The molecule has 0 spiro atoms. The number of para-hydroxylation sites is 1. The van der Waals surface area contributed by atoms with Crippen LogP contribution in [0.15, 0.2) is 18.2 Å². The third-order valence-electron chi connectivity index (χ3n) is 2.48. The summed E-state index contributed by atoms with van der Waals surface area (Å²) in [6.45, 7) is 8.07. The highest BCUT2D eigenvalue weighted by atomic mass is 16.5. The Morgan fingerprint density at radius 3 is 2.44 bits per heavy atom. The molecule has 0 saturated heterocycles. The van der Waals surface area contributed by atoms with Crippen molar-refractivity contribution in [3.63, 3.8) is 0 Å². The summed E-state index contributed by atoms with van der Waals surface area (Å²) < 4.78 is 4.95. The fourth-order valence-electron chi connectivity index (χ4n) is 1.58. The Labute approximate surface area is 96.8 Å². The van der Waals surface area contributed by atoms with E-state index in [9.17, 15) is 4.79 Å². The van der Waals surface area contributed by atoms with Crippen LogP contribution in [-0.2, 0) is 9.53 Å². The van der Waals surface area contributed by atoms with Gasteiger partial charge in [0, 0.05) is 5.69 Å². The summed E-state index contributed by atoms with van der Waals surface area (Å²) in [5, 5.41) is 3.19. The monoisotopic (exact) mass is 221 g/mol. The number of ether oxygens (including phenoxy) is 1. The highest BCUT2D eigenvalue weighted by molar-refractivity contribution is 5.79. The van der Waals surface area contributed by atoms with E-state index in [1.165, 1.54) is 0 Å². The van der Waals surface area contributed by atoms with Gasteiger partial charge in [0.2, 0.25) is 0 Å². The molecule has 16 heavy (non-hydrogen) atoms. The number of carbonyl (C=O) groups excluding carboxylic acids is 1. The largest absolute Gasteiger partial charge is 0.464 e. The van der Waals surface area contributed by atoms with Crippen LogP contribution in [0.5, 0.6) is 0 Å². The Kier molecular flexibility index (Phi) is 4.35. The Hall–Kier alpha value is -1.51. The van der Waals surface area contributed by atoms with Crippen molar-refractivity contribution in [2.24, 2.45) is 0 Å². The minimum absolute atomic E-state index is 0.217. The van der Waals surface area contributed by atoms with Crippen LogP contribution in [0.4, 0.5) is 5.69 Å². The van der Waals surface area contributed by atoms with E-state index in [1.807, 2.05) is 45.9 Å². The molecule has 0 aliphatic rings. The second-order valence-electron chi connectivity index (χ2n) is 3.88. The van der Waals surface area contributed by atoms with E-state index in [4.69, 9.17) is 4.74 Å². The summed E-state index contributed by atoms with van der Waals surface area (Å²) in [7, 11) is 0. The van der Waals surface area contributed by atoms with E-state index in [0.29, 0.717) is 6.61 Å². The number of benzene rings is 1. The first-order valence-electron chi connectivity index (χ1n) is 5.55. The van der Waals surface area contributed by atoms with Crippen molar-refractivity contribution in [2.45, 2.75) is 33.7 Å². The first-order chi connectivity index (χ1) is 7.56. The number of hydrogen-bond donors (Lipinski definition) is 1. The van der Waals surface area contributed by atoms with Crippen LogP contribution < -0.4 is 5.32 Å². The maximum atomic E-state index is 11.5. The second kappa shape index (κ2) is 5.54. The van der Waals surface area contributed by atoms with Gasteiger partial charge >= 0.3 is 5.97 Å². The smallest absolute Gasteiger partial charge is 0.328 e. The van der Waals surface area contributed by atoms with Gasteiger partial charge in [0.05, 0.1) is 6.61 Å². The fraction of sp³-hybridized carbons (Fsp3) is 0.462. The van der Waals surface area contributed by atoms with Gasteiger partial charge in [0.25, 0.3) is 0 Å². The van der Waals surface area contributed by atoms with Crippen LogP contribution in [0, 0.1) is 13.8 Å². The Bertz CT molecular complexity index is 354. The van der Waals surface area contributed by atoms with Crippen LogP contribution in [0.3, 0.4) is 0 Å². The van der Waals surface area contributed by atoms with Gasteiger partial charge in [0.15, 0.2) is 0 Å². The molecule has 88 valence electrons. The third kappa shape index (κ3) is 2.99. The molecule has 0 aliphatic heterocycles. The zero-order valence-corrected chi connectivity index (χ0v) is 10.3. The van der Waals surface area contributed by atoms with Gasteiger partial charge in [-0.2, -0.15) is 0 Å². The molecule has 0 heterocycles. The molecule has 1 rings (SSSR count). The maximum absolute atomic E-state index is 11.5. The van der Waals surface area contributed by atoms with Crippen LogP contribution in [-0.4, -0.2) is 18.6 Å². The number of rotatable bonds is 4. The topological polar surface area (TPSA) is 38.3 Å². The van der Waals surface area contributed by atoms with Crippen molar-refractivity contribution >= 4 is 11.7 Å². The molecule has 0 amide bonds. The van der Waals surface area contributed by atoms with Crippen LogP contribution in [0.25, 0.3) is 0 Å². The maximum Gasteiger partial charge on any atom is 0.328 e. The van der Waals surface area contributed by atoms with Crippen molar-refractivity contribution in [3.05, 3.63) is 29.3 Å². The summed E-state index contributed by atoms with van der Waals surface area (Å²) >= 11 is 0. The zero-order chi connectivity index (χ0) is 12.1. The molecule has 0 bridgehead atoms. The number of anilines is 1. The SMILES string of the molecule is CCOC(=O)[C@@H](C)Nc1c(C)cccc1C. The van der Waals surface area contributed by atoms with E-state index in [-0.39, 0.29) is 12.0 Å². The molecule has 0 saturated carbocycles. The Morgan fingerprint density at radius 2 is 1.94 bits per heavy atom. The lowest BCUT2D eigenvalue weighted by Crippen LogP contribution is -2.28. The second-order valence-corrected chi connectivity index (χ2v) is 3.88. The molecule has 0 fully saturated rings. The molecular weight excluding hydrogens is 202 g/mol. The quantitative estimate of drug-likeness (QED) is 0.794. The van der Waals surface area contributed by atoms with Crippen molar-refractivity contribution in [1.82, 2.24) is 0 Å². The van der Waals surface area contributed by atoms with Crippen molar-refractivity contribution in [2.75, 3.05) is 11.9 Å². The molecule has 1 atom stereocenters. The molecule has 0 unspecified atom stereocenters. The molecule has 0 aromatic heterocycles. The highest BCUT2D eigenvalue weighted by Crippen LogP contribution is 2.20. The molecule has 0 radical (unpaired) electrons. The number of esters is 1. The summed E-state index contributed by atoms with van der Waals surface area (Å²) in [6.07, 6.45) is 0. The van der Waals surface area contributed by atoms with Crippen LogP contribution in [0.2, 0.25) is 0 Å². The average molecular weight is 221 g/mol. The lowest BCUT2D eigenvalue weighted by Gasteiger charge is -2.17. The van der Waals surface area contributed by atoms with Gasteiger partial charge < -0.3 is 10.1 Å². The van der Waals surface area contributed by atoms with Gasteiger partial charge in [-0.15, -0.1) is 0 Å². The summed E-state index contributed by atoms with van der Waals surface area (Å²) in [4.78, 5) is 11.5. The van der Waals surface area contributed by atoms with Crippen molar-refractivity contribution in [3.8, 4) is 0 Å². The summed E-state index contributed by atoms with van der Waals surface area (Å²) in [5.41, 5.74) is 3.29. The van der Waals surface area contributed by atoms with Gasteiger partial charge in [-0.3, -0.25) is 0 Å². The minimum atomic E-state index is -0.320. The fourth-order valence-corrected chi connectivity index (χ4v) is 1.58. The Morgan fingerprint density at radius 1 is 1.38 bits per heavy atom. The van der Waals surface area contributed by atoms with Gasteiger partial charge in [0.1, 0.15) is 6.04 Å². The van der Waals surface area contributed by atoms with Crippen molar-refractivity contribution < 1.29 is 9.53 Å². The van der Waals surface area contributed by atoms with E-state index < -0.39 is 0 Å². The predicted octanol–water partition coefficient (Wildman–Crippen LogP) is 2.67. The van der Waals surface area contributed by atoms with E-state index in [2.05, 4.69) is 5.32 Å². The Balaban J connectivity index is 2.76. The first-order valence-corrected chi connectivity index (χ1v) is 5.55. The third-order valence-corrected chi connectivity index (χ3v) is 2.48. The average Bonchev–Trinajstić information content (AvgIpc) is 2.23. The van der Waals surface area contributed by atoms with Gasteiger partial charge in [-0.1, -0.05) is 18.2 Å². The standard InChI is InChI=1S/C13H19NO2/c1-5-16-13(15)11(4)14-12-9(2)7-6-8-10(12)3/h6-8,11,14H,5H2,1-4H3/t11-/m1/s1. The lowest BCUT2D eigenvalue weighted by molar-refractivity contribution is -0.143. The van der Waals surface area contributed by atoms with Gasteiger partial charge in [-0.25, -0.2) is 4.79 Å². The number of hydrogen-bond acceptors (Lipinski definition) is 3. The van der Waals surface area contributed by atoms with E-state index >= 15 is 0 Å². The molecular formula is C13H19NO2. The lowest BCUT2D eigenvalue weighted by atomic mass is 10.1. The molecule has 1 N–H and O–H groups in total. The first kappa shape index (κ1) is 12.6. The van der Waals surface area contributed by atoms with E-state index in [0.717, 1.165) is 16.8 Å². The predicted molar refractivity (Wildman–Crippen MR) is 65.6 cm³/mol. The zero-order valence-electron chi connectivity index (χ0n) is 10.3. The minimum Gasteiger partial charge on any atom is -0.464 e. The number of carbonyl (C=O) groups is 1. The van der Waals surface area contributed by atoms with Crippen molar-refractivity contribution in [1.29, 1.82) is 0 Å². The normalized spacial score (nSPS) is 12.0. The number of nitrogens with one attached hydrogen (secondary N) is 1. The molecule has 1 aromatic rings. The van der Waals surface area contributed by atoms with E-state index in [1.54, 1.807) is 0 Å². The van der Waals surface area contributed by atoms with Crippen LogP contribution in [0.1, 0.15) is 25.0 Å². The summed E-state index contributed by atoms with van der Waals surface area (Å²) in [5.74, 6) is -0.217. The molecule has 0 aliphatic carbocycles.